The van der Waals surface area contributed by atoms with E-state index in [9.17, 15) is 4.79 Å². The molecule has 2 heterocycles. The standard InChI is InChI=1S/C20H19N3O4S/c24-18(21-10-4-7-14-5-2-1-3-6-14)12-28-20-23-22-19(27-20)15-8-9-16-17(11-15)26-13-25-16/h1-3,5-6,8-9,11H,4,7,10,12-13H2,(H,21,24). The van der Waals surface area contributed by atoms with Gasteiger partial charge in [0.2, 0.25) is 18.6 Å². The number of hydrogen-bond donors (Lipinski definition) is 1. The highest BCUT2D eigenvalue weighted by molar-refractivity contribution is 7.99. The summed E-state index contributed by atoms with van der Waals surface area (Å²) >= 11 is 1.22. The second-order valence-corrected chi connectivity index (χ2v) is 7.10. The second kappa shape index (κ2) is 8.79. The maximum absolute atomic E-state index is 12.0. The Labute approximate surface area is 166 Å². The average Bonchev–Trinajstić information content (AvgIpc) is 3.39. The molecule has 0 aliphatic carbocycles. The third-order valence-corrected chi connectivity index (χ3v) is 4.98. The summed E-state index contributed by atoms with van der Waals surface area (Å²) in [7, 11) is 0. The summed E-state index contributed by atoms with van der Waals surface area (Å²) in [6.45, 7) is 0.852. The van der Waals surface area contributed by atoms with Gasteiger partial charge in [0.25, 0.3) is 5.22 Å². The number of ether oxygens (including phenoxy) is 2. The molecule has 1 N–H and O–H groups in total. The SMILES string of the molecule is O=C(CSc1nnc(-c2ccc3c(c2)OCO3)o1)NCCCc1ccccc1. The van der Waals surface area contributed by atoms with E-state index in [-0.39, 0.29) is 18.5 Å². The van der Waals surface area contributed by atoms with E-state index in [1.54, 1.807) is 12.1 Å². The molecule has 0 fully saturated rings. The molecule has 1 amide bonds. The van der Waals surface area contributed by atoms with E-state index in [1.807, 2.05) is 24.3 Å². The zero-order chi connectivity index (χ0) is 19.2. The highest BCUT2D eigenvalue weighted by Gasteiger charge is 2.17. The Morgan fingerprint density at radius 3 is 2.82 bits per heavy atom. The normalized spacial score (nSPS) is 12.1. The van der Waals surface area contributed by atoms with Gasteiger partial charge in [-0.05, 0) is 36.6 Å². The van der Waals surface area contributed by atoms with Gasteiger partial charge in [-0.1, -0.05) is 42.1 Å². The third kappa shape index (κ3) is 4.64. The summed E-state index contributed by atoms with van der Waals surface area (Å²) in [4.78, 5) is 12.0. The van der Waals surface area contributed by atoms with Gasteiger partial charge in [-0.3, -0.25) is 4.79 Å². The summed E-state index contributed by atoms with van der Waals surface area (Å²) in [5.74, 6) is 1.90. The molecule has 0 radical (unpaired) electrons. The summed E-state index contributed by atoms with van der Waals surface area (Å²) in [5, 5.41) is 11.3. The molecule has 1 aliphatic heterocycles. The minimum absolute atomic E-state index is 0.0547. The minimum Gasteiger partial charge on any atom is -0.454 e. The van der Waals surface area contributed by atoms with Gasteiger partial charge >= 0.3 is 0 Å². The van der Waals surface area contributed by atoms with Crippen LogP contribution in [0.1, 0.15) is 12.0 Å². The van der Waals surface area contributed by atoms with Crippen LogP contribution in [0.4, 0.5) is 0 Å². The maximum atomic E-state index is 12.0. The van der Waals surface area contributed by atoms with Crippen LogP contribution in [-0.4, -0.2) is 35.2 Å². The quantitative estimate of drug-likeness (QED) is 0.461. The Balaban J connectivity index is 1.21. The molecular weight excluding hydrogens is 378 g/mol. The van der Waals surface area contributed by atoms with Crippen molar-refractivity contribution in [1.29, 1.82) is 0 Å². The number of carbonyl (C=O) groups excluding carboxylic acids is 1. The summed E-state index contributed by atoms with van der Waals surface area (Å²) in [5.41, 5.74) is 2.02. The van der Waals surface area contributed by atoms with E-state index in [0.717, 1.165) is 18.4 Å². The number of aryl methyl sites for hydroxylation is 1. The lowest BCUT2D eigenvalue weighted by Gasteiger charge is -2.04. The van der Waals surface area contributed by atoms with Crippen LogP contribution in [0.25, 0.3) is 11.5 Å². The van der Waals surface area contributed by atoms with Crippen LogP contribution in [0.2, 0.25) is 0 Å². The van der Waals surface area contributed by atoms with Crippen LogP contribution in [-0.2, 0) is 11.2 Å². The van der Waals surface area contributed by atoms with Crippen molar-refractivity contribution in [3.8, 4) is 23.0 Å². The van der Waals surface area contributed by atoms with Crippen LogP contribution in [0, 0.1) is 0 Å². The maximum Gasteiger partial charge on any atom is 0.277 e. The fourth-order valence-corrected chi connectivity index (χ4v) is 3.35. The molecule has 8 heteroatoms. The monoisotopic (exact) mass is 397 g/mol. The van der Waals surface area contributed by atoms with Gasteiger partial charge in [-0.25, -0.2) is 0 Å². The van der Waals surface area contributed by atoms with E-state index in [0.29, 0.717) is 29.2 Å². The largest absolute Gasteiger partial charge is 0.454 e. The number of carbonyl (C=O) groups is 1. The second-order valence-electron chi connectivity index (χ2n) is 6.17. The van der Waals surface area contributed by atoms with Crippen LogP contribution < -0.4 is 14.8 Å². The van der Waals surface area contributed by atoms with Crippen molar-refractivity contribution in [3.05, 3.63) is 54.1 Å². The van der Waals surface area contributed by atoms with Crippen molar-refractivity contribution in [2.75, 3.05) is 19.1 Å². The number of fused-ring (bicyclic) bond motifs is 1. The summed E-state index contributed by atoms with van der Waals surface area (Å²) < 4.78 is 16.3. The van der Waals surface area contributed by atoms with Crippen molar-refractivity contribution >= 4 is 17.7 Å². The van der Waals surface area contributed by atoms with Crippen molar-refractivity contribution in [2.45, 2.75) is 18.1 Å². The summed E-state index contributed by atoms with van der Waals surface area (Å²) in [6, 6.07) is 15.6. The number of benzene rings is 2. The Bertz CT molecular complexity index is 946. The lowest BCUT2D eigenvalue weighted by atomic mass is 10.1. The number of rotatable bonds is 8. The molecule has 0 saturated heterocycles. The van der Waals surface area contributed by atoms with E-state index in [4.69, 9.17) is 13.9 Å². The molecule has 144 valence electrons. The van der Waals surface area contributed by atoms with Gasteiger partial charge in [0.05, 0.1) is 5.75 Å². The molecule has 0 atom stereocenters. The van der Waals surface area contributed by atoms with Crippen LogP contribution in [0.5, 0.6) is 11.5 Å². The molecule has 1 aliphatic rings. The number of thioether (sulfide) groups is 1. The van der Waals surface area contributed by atoms with Gasteiger partial charge < -0.3 is 19.2 Å². The van der Waals surface area contributed by atoms with Gasteiger partial charge in [0.1, 0.15) is 0 Å². The van der Waals surface area contributed by atoms with Crippen molar-refractivity contribution in [3.63, 3.8) is 0 Å². The van der Waals surface area contributed by atoms with E-state index < -0.39 is 0 Å². The number of aromatic nitrogens is 2. The highest BCUT2D eigenvalue weighted by atomic mass is 32.2. The van der Waals surface area contributed by atoms with Gasteiger partial charge in [-0.15, -0.1) is 10.2 Å². The van der Waals surface area contributed by atoms with Crippen molar-refractivity contribution in [2.24, 2.45) is 0 Å². The topological polar surface area (TPSA) is 86.5 Å². The van der Waals surface area contributed by atoms with Crippen LogP contribution in [0.15, 0.2) is 58.2 Å². The number of nitrogens with zero attached hydrogens (tertiary/aromatic N) is 2. The fourth-order valence-electron chi connectivity index (χ4n) is 2.76. The predicted octanol–water partition coefficient (Wildman–Crippen LogP) is 3.31. The minimum atomic E-state index is -0.0547. The Kier molecular flexibility index (Phi) is 5.77. The molecule has 0 spiro atoms. The zero-order valence-electron chi connectivity index (χ0n) is 15.1. The average molecular weight is 397 g/mol. The molecular formula is C20H19N3O4S. The van der Waals surface area contributed by atoms with Gasteiger partial charge in [0, 0.05) is 12.1 Å². The number of hydrogen-bond acceptors (Lipinski definition) is 7. The Morgan fingerprint density at radius 1 is 1.07 bits per heavy atom. The molecule has 28 heavy (non-hydrogen) atoms. The fraction of sp³-hybridized carbons (Fsp3) is 0.250. The number of nitrogens with one attached hydrogen (secondary N) is 1. The van der Waals surface area contributed by atoms with Gasteiger partial charge in [-0.2, -0.15) is 0 Å². The van der Waals surface area contributed by atoms with Crippen molar-refractivity contribution < 1.29 is 18.7 Å². The Hall–Kier alpha value is -3.00. The molecule has 7 nitrogen and oxygen atoms in total. The van der Waals surface area contributed by atoms with Crippen molar-refractivity contribution in [1.82, 2.24) is 15.5 Å². The molecule has 0 bridgehead atoms. The van der Waals surface area contributed by atoms with E-state index in [1.165, 1.54) is 17.3 Å². The first-order valence-electron chi connectivity index (χ1n) is 8.95. The summed E-state index contributed by atoms with van der Waals surface area (Å²) in [6.07, 6.45) is 1.84. The highest BCUT2D eigenvalue weighted by Crippen LogP contribution is 2.35. The smallest absolute Gasteiger partial charge is 0.277 e. The molecule has 3 aromatic rings. The molecule has 2 aromatic carbocycles. The lowest BCUT2D eigenvalue weighted by molar-refractivity contribution is -0.118. The first-order chi connectivity index (χ1) is 13.8. The van der Waals surface area contributed by atoms with Crippen LogP contribution >= 0.6 is 11.8 Å². The first-order valence-corrected chi connectivity index (χ1v) is 9.93. The molecule has 0 saturated carbocycles. The van der Waals surface area contributed by atoms with Gasteiger partial charge in [0.15, 0.2) is 11.5 Å². The molecule has 1 aromatic heterocycles. The van der Waals surface area contributed by atoms with E-state index >= 15 is 0 Å². The number of amides is 1. The van der Waals surface area contributed by atoms with Crippen LogP contribution in [0.3, 0.4) is 0 Å². The molecule has 4 rings (SSSR count). The zero-order valence-corrected chi connectivity index (χ0v) is 15.9. The molecule has 0 unspecified atom stereocenters. The Morgan fingerprint density at radius 2 is 1.93 bits per heavy atom. The predicted molar refractivity (Wildman–Crippen MR) is 104 cm³/mol. The first kappa shape index (κ1) is 18.4. The third-order valence-electron chi connectivity index (χ3n) is 4.16. The van der Waals surface area contributed by atoms with E-state index in [2.05, 4.69) is 27.6 Å². The lowest BCUT2D eigenvalue weighted by Crippen LogP contribution is -2.26.